The minimum atomic E-state index is -0.375. The van der Waals surface area contributed by atoms with Crippen molar-refractivity contribution < 1.29 is 14.3 Å². The van der Waals surface area contributed by atoms with E-state index in [2.05, 4.69) is 22.1 Å². The largest absolute Gasteiger partial charge is 0.462 e. The summed E-state index contributed by atoms with van der Waals surface area (Å²) in [6.45, 7) is 6.41. The predicted octanol–water partition coefficient (Wildman–Crippen LogP) is 3.75. The van der Waals surface area contributed by atoms with Crippen molar-refractivity contribution in [2.75, 3.05) is 29.9 Å². The van der Waals surface area contributed by atoms with E-state index in [9.17, 15) is 9.59 Å². The molecule has 1 unspecified atom stereocenters. The quantitative estimate of drug-likeness (QED) is 0.815. The third kappa shape index (κ3) is 4.84. The van der Waals surface area contributed by atoms with E-state index in [0.717, 1.165) is 18.8 Å². The van der Waals surface area contributed by atoms with Crippen LogP contribution in [0.2, 0.25) is 0 Å². The molecule has 1 saturated heterocycles. The first-order valence-electron chi connectivity index (χ1n) is 9.36. The summed E-state index contributed by atoms with van der Waals surface area (Å²) in [7, 11) is 0. The molecule has 0 bridgehead atoms. The third-order valence-electron chi connectivity index (χ3n) is 4.66. The molecule has 142 valence electrons. The van der Waals surface area contributed by atoms with Gasteiger partial charge in [0.25, 0.3) is 5.91 Å². The number of benzene rings is 1. The lowest BCUT2D eigenvalue weighted by molar-refractivity contribution is 0.0526. The van der Waals surface area contributed by atoms with Crippen molar-refractivity contribution in [3.8, 4) is 0 Å². The maximum Gasteiger partial charge on any atom is 0.338 e. The number of anilines is 2. The Hall–Kier alpha value is -2.89. The number of aromatic nitrogens is 1. The van der Waals surface area contributed by atoms with Crippen LogP contribution in [0.25, 0.3) is 0 Å². The number of esters is 1. The molecular weight excluding hydrogens is 342 g/mol. The first-order valence-corrected chi connectivity index (χ1v) is 9.36. The first-order chi connectivity index (χ1) is 13.1. The van der Waals surface area contributed by atoms with E-state index < -0.39 is 0 Å². The molecule has 1 aliphatic rings. The Kier molecular flexibility index (Phi) is 6.06. The number of ether oxygens (including phenoxy) is 1. The normalized spacial score (nSPS) is 16.7. The molecular formula is C21H25N3O3. The lowest BCUT2D eigenvalue weighted by Crippen LogP contribution is -2.34. The van der Waals surface area contributed by atoms with Gasteiger partial charge in [0.2, 0.25) is 0 Å². The van der Waals surface area contributed by atoms with Gasteiger partial charge in [-0.3, -0.25) is 4.79 Å². The molecule has 1 fully saturated rings. The van der Waals surface area contributed by atoms with Crippen molar-refractivity contribution in [2.24, 2.45) is 5.92 Å². The number of rotatable bonds is 5. The molecule has 6 nitrogen and oxygen atoms in total. The molecule has 1 atom stereocenters. The maximum absolute atomic E-state index is 12.4. The molecule has 0 saturated carbocycles. The van der Waals surface area contributed by atoms with Crippen molar-refractivity contribution >= 4 is 23.3 Å². The van der Waals surface area contributed by atoms with Gasteiger partial charge in [-0.25, -0.2) is 9.78 Å². The summed E-state index contributed by atoms with van der Waals surface area (Å²) in [4.78, 5) is 30.7. The van der Waals surface area contributed by atoms with E-state index in [-0.39, 0.29) is 11.9 Å². The standard InChI is InChI=1S/C21H25N3O3/c1-3-27-21(26)16-6-8-17(9-7-16)23-20(25)19-11-10-18(13-22-19)24-12-4-5-15(2)14-24/h6-11,13,15H,3-5,12,14H2,1-2H3,(H,23,25). The SMILES string of the molecule is CCOC(=O)c1ccc(NC(=O)c2ccc(N3CCCC(C)C3)cn2)cc1. The molecule has 0 spiro atoms. The van der Waals surface area contributed by atoms with Crippen molar-refractivity contribution in [2.45, 2.75) is 26.7 Å². The highest BCUT2D eigenvalue weighted by Gasteiger charge is 2.17. The fraction of sp³-hybridized carbons (Fsp3) is 0.381. The van der Waals surface area contributed by atoms with Crippen LogP contribution < -0.4 is 10.2 Å². The van der Waals surface area contributed by atoms with Crippen LogP contribution in [0.5, 0.6) is 0 Å². The molecule has 6 heteroatoms. The maximum atomic E-state index is 12.4. The number of nitrogens with one attached hydrogen (secondary N) is 1. The smallest absolute Gasteiger partial charge is 0.338 e. The Morgan fingerprint density at radius 3 is 2.63 bits per heavy atom. The van der Waals surface area contributed by atoms with Crippen LogP contribution in [0, 0.1) is 5.92 Å². The Labute approximate surface area is 159 Å². The fourth-order valence-electron chi connectivity index (χ4n) is 3.23. The summed E-state index contributed by atoms with van der Waals surface area (Å²) < 4.78 is 4.95. The van der Waals surface area contributed by atoms with Crippen molar-refractivity contribution in [1.29, 1.82) is 0 Å². The molecule has 2 aromatic rings. The van der Waals surface area contributed by atoms with Crippen molar-refractivity contribution in [1.82, 2.24) is 4.98 Å². The minimum absolute atomic E-state index is 0.280. The summed E-state index contributed by atoms with van der Waals surface area (Å²) in [6.07, 6.45) is 4.21. The third-order valence-corrected chi connectivity index (χ3v) is 4.66. The van der Waals surface area contributed by atoms with Crippen molar-refractivity contribution in [3.05, 3.63) is 53.9 Å². The number of carbonyl (C=O) groups is 2. The van der Waals surface area contributed by atoms with E-state index >= 15 is 0 Å². The van der Waals surface area contributed by atoms with Gasteiger partial charge in [-0.1, -0.05) is 6.92 Å². The Morgan fingerprint density at radius 2 is 2.00 bits per heavy atom. The Balaban J connectivity index is 1.61. The molecule has 27 heavy (non-hydrogen) atoms. The van der Waals surface area contributed by atoms with Gasteiger partial charge in [0, 0.05) is 18.8 Å². The van der Waals surface area contributed by atoms with Gasteiger partial charge in [0.05, 0.1) is 24.1 Å². The molecule has 1 aromatic heterocycles. The molecule has 2 heterocycles. The zero-order valence-corrected chi connectivity index (χ0v) is 15.8. The topological polar surface area (TPSA) is 71.5 Å². The van der Waals surface area contributed by atoms with Gasteiger partial charge in [-0.15, -0.1) is 0 Å². The number of piperidine rings is 1. The van der Waals surface area contributed by atoms with Crippen LogP contribution in [-0.2, 0) is 4.74 Å². The highest BCUT2D eigenvalue weighted by molar-refractivity contribution is 6.03. The lowest BCUT2D eigenvalue weighted by atomic mass is 10.00. The predicted molar refractivity (Wildman–Crippen MR) is 105 cm³/mol. The van der Waals surface area contributed by atoms with E-state index in [0.29, 0.717) is 29.5 Å². The summed E-state index contributed by atoms with van der Waals surface area (Å²) >= 11 is 0. The summed E-state index contributed by atoms with van der Waals surface area (Å²) in [5.41, 5.74) is 2.46. The number of hydrogen-bond acceptors (Lipinski definition) is 5. The Morgan fingerprint density at radius 1 is 1.22 bits per heavy atom. The van der Waals surface area contributed by atoms with Gasteiger partial charge in [0.1, 0.15) is 5.69 Å². The highest BCUT2D eigenvalue weighted by atomic mass is 16.5. The average Bonchev–Trinajstić information content (AvgIpc) is 2.69. The van der Waals surface area contributed by atoms with E-state index in [1.54, 1.807) is 43.5 Å². The van der Waals surface area contributed by atoms with Gasteiger partial charge < -0.3 is 15.0 Å². The molecule has 0 radical (unpaired) electrons. The highest BCUT2D eigenvalue weighted by Crippen LogP contribution is 2.22. The van der Waals surface area contributed by atoms with Crippen LogP contribution in [0.4, 0.5) is 11.4 Å². The summed E-state index contributed by atoms with van der Waals surface area (Å²) in [6, 6.07) is 10.3. The first kappa shape index (κ1) is 18.9. The molecule has 0 aliphatic carbocycles. The van der Waals surface area contributed by atoms with E-state index in [1.807, 2.05) is 6.07 Å². The second-order valence-corrected chi connectivity index (χ2v) is 6.85. The fourth-order valence-corrected chi connectivity index (χ4v) is 3.23. The molecule has 1 aromatic carbocycles. The molecule has 1 N–H and O–H groups in total. The summed E-state index contributed by atoms with van der Waals surface area (Å²) in [5, 5.41) is 2.80. The number of pyridine rings is 1. The van der Waals surface area contributed by atoms with Gasteiger partial charge in [-0.05, 0) is 62.1 Å². The van der Waals surface area contributed by atoms with Gasteiger partial charge in [-0.2, -0.15) is 0 Å². The zero-order valence-electron chi connectivity index (χ0n) is 15.8. The summed E-state index contributed by atoms with van der Waals surface area (Å²) in [5.74, 6) is 0.0245. The number of amides is 1. The second kappa shape index (κ2) is 8.66. The number of hydrogen-bond donors (Lipinski definition) is 1. The molecule has 1 amide bonds. The van der Waals surface area contributed by atoms with Gasteiger partial charge >= 0.3 is 5.97 Å². The average molecular weight is 367 g/mol. The number of nitrogens with zero attached hydrogens (tertiary/aromatic N) is 2. The Bertz CT molecular complexity index is 787. The van der Waals surface area contributed by atoms with Crippen LogP contribution in [0.1, 0.15) is 47.5 Å². The van der Waals surface area contributed by atoms with Crippen LogP contribution in [0.3, 0.4) is 0 Å². The van der Waals surface area contributed by atoms with Crippen molar-refractivity contribution in [3.63, 3.8) is 0 Å². The van der Waals surface area contributed by atoms with E-state index in [1.165, 1.54) is 12.8 Å². The zero-order chi connectivity index (χ0) is 19.2. The lowest BCUT2D eigenvalue weighted by Gasteiger charge is -2.32. The van der Waals surface area contributed by atoms with Crippen LogP contribution >= 0.6 is 0 Å². The van der Waals surface area contributed by atoms with E-state index in [4.69, 9.17) is 4.74 Å². The minimum Gasteiger partial charge on any atom is -0.462 e. The second-order valence-electron chi connectivity index (χ2n) is 6.85. The molecule has 1 aliphatic heterocycles. The van der Waals surface area contributed by atoms with Crippen LogP contribution in [-0.4, -0.2) is 36.6 Å². The number of carbonyl (C=O) groups excluding carboxylic acids is 2. The van der Waals surface area contributed by atoms with Gasteiger partial charge in [0.15, 0.2) is 0 Å². The molecule has 3 rings (SSSR count). The monoisotopic (exact) mass is 367 g/mol. The van der Waals surface area contributed by atoms with Crippen LogP contribution in [0.15, 0.2) is 42.6 Å².